The van der Waals surface area contributed by atoms with E-state index in [0.29, 0.717) is 17.7 Å². The molecular weight excluding hydrogens is 248 g/mol. The molecule has 1 amide bonds. The van der Waals surface area contributed by atoms with Crippen LogP contribution in [-0.2, 0) is 4.79 Å². The molecule has 0 aromatic rings. The zero-order valence-electron chi connectivity index (χ0n) is 13.1. The molecule has 0 radical (unpaired) electrons. The van der Waals surface area contributed by atoms with Crippen molar-refractivity contribution in [3.8, 4) is 0 Å². The van der Waals surface area contributed by atoms with Gasteiger partial charge in [-0.3, -0.25) is 4.79 Å². The Labute approximate surface area is 123 Å². The fourth-order valence-electron chi connectivity index (χ4n) is 4.38. The average Bonchev–Trinajstić information content (AvgIpc) is 3.22. The molecule has 20 heavy (non-hydrogen) atoms. The highest BCUT2D eigenvalue weighted by Crippen LogP contribution is 2.50. The van der Waals surface area contributed by atoms with Gasteiger partial charge < -0.3 is 10.6 Å². The van der Waals surface area contributed by atoms with Crippen LogP contribution in [0.15, 0.2) is 0 Å². The predicted molar refractivity (Wildman–Crippen MR) is 81.1 cm³/mol. The van der Waals surface area contributed by atoms with Crippen LogP contribution in [0.1, 0.15) is 58.8 Å². The SMILES string of the molecule is CC1(C)CN(C(=O)C2CC2C2CCCCC2)CCC1N. The molecule has 3 nitrogen and oxygen atoms in total. The summed E-state index contributed by atoms with van der Waals surface area (Å²) in [6, 6.07) is 0.236. The Morgan fingerprint density at radius 3 is 2.50 bits per heavy atom. The molecule has 3 atom stereocenters. The van der Waals surface area contributed by atoms with Gasteiger partial charge >= 0.3 is 0 Å². The lowest BCUT2D eigenvalue weighted by Crippen LogP contribution is -2.54. The van der Waals surface area contributed by atoms with E-state index in [9.17, 15) is 4.79 Å². The first-order chi connectivity index (χ1) is 9.49. The summed E-state index contributed by atoms with van der Waals surface area (Å²) in [6.07, 6.45) is 9.02. The van der Waals surface area contributed by atoms with Gasteiger partial charge in [-0.2, -0.15) is 0 Å². The number of carbonyl (C=O) groups is 1. The molecule has 114 valence electrons. The van der Waals surface area contributed by atoms with Gasteiger partial charge in [-0.15, -0.1) is 0 Å². The van der Waals surface area contributed by atoms with Crippen molar-refractivity contribution in [1.82, 2.24) is 4.90 Å². The Morgan fingerprint density at radius 1 is 1.15 bits per heavy atom. The third-order valence-corrected chi connectivity index (χ3v) is 6.04. The summed E-state index contributed by atoms with van der Waals surface area (Å²) in [4.78, 5) is 14.8. The monoisotopic (exact) mass is 278 g/mol. The summed E-state index contributed by atoms with van der Waals surface area (Å²) < 4.78 is 0. The van der Waals surface area contributed by atoms with Crippen molar-refractivity contribution in [2.75, 3.05) is 13.1 Å². The van der Waals surface area contributed by atoms with Gasteiger partial charge in [0.05, 0.1) is 0 Å². The molecule has 0 spiro atoms. The van der Waals surface area contributed by atoms with Crippen molar-refractivity contribution in [2.24, 2.45) is 28.9 Å². The maximum absolute atomic E-state index is 12.7. The predicted octanol–water partition coefficient (Wildman–Crippen LogP) is 2.79. The summed E-state index contributed by atoms with van der Waals surface area (Å²) in [5, 5.41) is 0. The normalized spacial score (nSPS) is 37.8. The Kier molecular flexibility index (Phi) is 3.83. The van der Waals surface area contributed by atoms with Gasteiger partial charge in [-0.05, 0) is 30.1 Å². The van der Waals surface area contributed by atoms with Crippen LogP contribution < -0.4 is 5.73 Å². The van der Waals surface area contributed by atoms with E-state index in [-0.39, 0.29) is 11.5 Å². The van der Waals surface area contributed by atoms with Crippen molar-refractivity contribution in [1.29, 1.82) is 0 Å². The topological polar surface area (TPSA) is 46.3 Å². The third-order valence-electron chi connectivity index (χ3n) is 6.04. The quantitative estimate of drug-likeness (QED) is 0.844. The fraction of sp³-hybridized carbons (Fsp3) is 0.941. The Balaban J connectivity index is 1.55. The number of amides is 1. The van der Waals surface area contributed by atoms with Crippen molar-refractivity contribution in [3.05, 3.63) is 0 Å². The summed E-state index contributed by atoms with van der Waals surface area (Å²) in [6.45, 7) is 6.11. The number of nitrogens with zero attached hydrogens (tertiary/aromatic N) is 1. The molecule has 1 aliphatic heterocycles. The zero-order valence-corrected chi connectivity index (χ0v) is 13.1. The highest BCUT2D eigenvalue weighted by atomic mass is 16.2. The van der Waals surface area contributed by atoms with E-state index in [2.05, 4.69) is 18.7 Å². The molecule has 2 saturated carbocycles. The number of hydrogen-bond donors (Lipinski definition) is 1. The van der Waals surface area contributed by atoms with Crippen LogP contribution in [-0.4, -0.2) is 29.9 Å². The average molecular weight is 278 g/mol. The summed E-state index contributed by atoms with van der Waals surface area (Å²) in [5.41, 5.74) is 6.25. The second-order valence-corrected chi connectivity index (χ2v) is 8.05. The van der Waals surface area contributed by atoms with Gasteiger partial charge in [0.15, 0.2) is 0 Å². The maximum Gasteiger partial charge on any atom is 0.226 e. The van der Waals surface area contributed by atoms with Crippen molar-refractivity contribution in [3.63, 3.8) is 0 Å². The van der Waals surface area contributed by atoms with Crippen LogP contribution in [0, 0.1) is 23.2 Å². The lowest BCUT2D eigenvalue weighted by atomic mass is 9.79. The minimum Gasteiger partial charge on any atom is -0.342 e. The minimum absolute atomic E-state index is 0.0726. The molecule has 1 saturated heterocycles. The largest absolute Gasteiger partial charge is 0.342 e. The maximum atomic E-state index is 12.7. The smallest absolute Gasteiger partial charge is 0.226 e. The number of rotatable bonds is 2. The van der Waals surface area contributed by atoms with E-state index >= 15 is 0 Å². The number of hydrogen-bond acceptors (Lipinski definition) is 2. The van der Waals surface area contributed by atoms with Crippen LogP contribution in [0.3, 0.4) is 0 Å². The Bertz CT molecular complexity index is 373. The van der Waals surface area contributed by atoms with Crippen molar-refractivity contribution in [2.45, 2.75) is 64.8 Å². The number of piperidine rings is 1. The number of nitrogens with two attached hydrogens (primary N) is 1. The lowest BCUT2D eigenvalue weighted by Gasteiger charge is -2.42. The van der Waals surface area contributed by atoms with Crippen LogP contribution in [0.2, 0.25) is 0 Å². The number of likely N-dealkylation sites (tertiary alicyclic amines) is 1. The molecular formula is C17H30N2O. The second-order valence-electron chi connectivity index (χ2n) is 8.05. The molecule has 3 rings (SSSR count). The van der Waals surface area contributed by atoms with Crippen LogP contribution in [0.25, 0.3) is 0 Å². The molecule has 0 aromatic carbocycles. The lowest BCUT2D eigenvalue weighted by molar-refractivity contribution is -0.136. The van der Waals surface area contributed by atoms with Crippen LogP contribution in [0.4, 0.5) is 0 Å². The molecule has 3 unspecified atom stereocenters. The first-order valence-electron chi connectivity index (χ1n) is 8.53. The first-order valence-corrected chi connectivity index (χ1v) is 8.53. The molecule has 3 fully saturated rings. The van der Waals surface area contributed by atoms with Crippen LogP contribution in [0.5, 0.6) is 0 Å². The molecule has 2 N–H and O–H groups in total. The zero-order chi connectivity index (χ0) is 14.3. The van der Waals surface area contributed by atoms with Gasteiger partial charge in [-0.25, -0.2) is 0 Å². The van der Waals surface area contributed by atoms with Gasteiger partial charge in [-0.1, -0.05) is 46.0 Å². The van der Waals surface area contributed by atoms with Gasteiger partial charge in [0, 0.05) is 25.0 Å². The minimum atomic E-state index is 0.0726. The molecule has 1 heterocycles. The van der Waals surface area contributed by atoms with E-state index in [4.69, 9.17) is 5.73 Å². The van der Waals surface area contributed by atoms with E-state index < -0.39 is 0 Å². The van der Waals surface area contributed by atoms with E-state index in [1.54, 1.807) is 0 Å². The summed E-state index contributed by atoms with van der Waals surface area (Å²) in [5.74, 6) is 2.34. The van der Waals surface area contributed by atoms with E-state index in [1.165, 1.54) is 32.1 Å². The van der Waals surface area contributed by atoms with Crippen LogP contribution >= 0.6 is 0 Å². The number of carbonyl (C=O) groups excluding carboxylic acids is 1. The molecule has 3 heteroatoms. The first kappa shape index (κ1) is 14.4. The molecule has 0 bridgehead atoms. The van der Waals surface area contributed by atoms with E-state index in [1.807, 2.05) is 0 Å². The van der Waals surface area contributed by atoms with E-state index in [0.717, 1.165) is 31.8 Å². The van der Waals surface area contributed by atoms with Gasteiger partial charge in [0.2, 0.25) is 5.91 Å². The summed E-state index contributed by atoms with van der Waals surface area (Å²) >= 11 is 0. The fourth-order valence-corrected chi connectivity index (χ4v) is 4.38. The molecule has 3 aliphatic rings. The third kappa shape index (κ3) is 2.74. The Morgan fingerprint density at radius 2 is 1.85 bits per heavy atom. The molecule has 2 aliphatic carbocycles. The standard InChI is InChI=1S/C17H30N2O/c1-17(2)11-19(9-8-15(17)18)16(20)14-10-13(14)12-6-4-3-5-7-12/h12-15H,3-11,18H2,1-2H3. The van der Waals surface area contributed by atoms with Crippen molar-refractivity contribution >= 4 is 5.91 Å². The highest BCUT2D eigenvalue weighted by molar-refractivity contribution is 5.82. The Hall–Kier alpha value is -0.570. The van der Waals surface area contributed by atoms with Gasteiger partial charge in [0.25, 0.3) is 0 Å². The second kappa shape index (κ2) is 5.32. The molecule has 0 aromatic heterocycles. The highest BCUT2D eigenvalue weighted by Gasteiger charge is 2.50. The van der Waals surface area contributed by atoms with Crippen molar-refractivity contribution < 1.29 is 4.79 Å². The summed E-state index contributed by atoms with van der Waals surface area (Å²) in [7, 11) is 0. The van der Waals surface area contributed by atoms with Gasteiger partial charge in [0.1, 0.15) is 0 Å².